The van der Waals surface area contributed by atoms with Crippen LogP contribution < -0.4 is 0 Å². The maximum atomic E-state index is 5.57. The third-order valence-electron chi connectivity index (χ3n) is 8.01. The van der Waals surface area contributed by atoms with Gasteiger partial charge in [-0.3, -0.25) is 0 Å². The van der Waals surface area contributed by atoms with Crippen molar-refractivity contribution in [2.75, 3.05) is 7.11 Å². The molecule has 0 radical (unpaired) electrons. The Labute approximate surface area is 204 Å². The summed E-state index contributed by atoms with van der Waals surface area (Å²) in [4.78, 5) is 0. The first-order chi connectivity index (χ1) is 16.7. The molecule has 0 bridgehead atoms. The molecule has 0 aliphatic heterocycles. The molecule has 0 fully saturated rings. The van der Waals surface area contributed by atoms with Crippen LogP contribution in [0.4, 0.5) is 0 Å². The largest absolute Gasteiger partial charge is 0.376 e. The van der Waals surface area contributed by atoms with Gasteiger partial charge in [-0.25, -0.2) is 0 Å². The van der Waals surface area contributed by atoms with Gasteiger partial charge < -0.3 is 4.74 Å². The highest BCUT2D eigenvalue weighted by Crippen LogP contribution is 2.42. The zero-order chi connectivity index (χ0) is 23.5. The quantitative estimate of drug-likeness (QED) is 0.248. The topological polar surface area (TPSA) is 9.23 Å². The number of hydrogen-bond donors (Lipinski definition) is 0. The Hall–Kier alpha value is -2.90. The van der Waals surface area contributed by atoms with Crippen LogP contribution in [0.3, 0.4) is 0 Å². The summed E-state index contributed by atoms with van der Waals surface area (Å²) in [5.41, 5.74) is 7.27. The van der Waals surface area contributed by atoms with E-state index in [9.17, 15) is 0 Å². The SMILES string of the molecule is CCC(CC(CC(C)c1ccc2c(c1)CC2OC)c1cccc2ccccc12)c1ccccc1. The molecule has 0 saturated carbocycles. The van der Waals surface area contributed by atoms with Crippen molar-refractivity contribution in [2.24, 2.45) is 0 Å². The average Bonchev–Trinajstić information content (AvgIpc) is 2.87. The minimum Gasteiger partial charge on any atom is -0.376 e. The number of fused-ring (bicyclic) bond motifs is 2. The molecule has 0 aromatic heterocycles. The van der Waals surface area contributed by atoms with Crippen LogP contribution in [0.1, 0.15) is 84.8 Å². The van der Waals surface area contributed by atoms with Gasteiger partial charge in [-0.05, 0) is 75.6 Å². The summed E-state index contributed by atoms with van der Waals surface area (Å²) < 4.78 is 5.57. The number of hydrogen-bond acceptors (Lipinski definition) is 1. The minimum atomic E-state index is 0.291. The molecule has 0 saturated heterocycles. The highest BCUT2D eigenvalue weighted by atomic mass is 16.5. The van der Waals surface area contributed by atoms with Crippen molar-refractivity contribution < 1.29 is 4.74 Å². The molecule has 0 heterocycles. The van der Waals surface area contributed by atoms with Crippen LogP contribution in [0.5, 0.6) is 0 Å². The first-order valence-corrected chi connectivity index (χ1v) is 12.9. The molecular formula is C33H36O. The Morgan fingerprint density at radius 1 is 0.794 bits per heavy atom. The zero-order valence-corrected chi connectivity index (χ0v) is 20.7. The van der Waals surface area contributed by atoms with E-state index in [-0.39, 0.29) is 0 Å². The van der Waals surface area contributed by atoms with Gasteiger partial charge in [-0.2, -0.15) is 0 Å². The van der Waals surface area contributed by atoms with E-state index in [2.05, 4.69) is 105 Å². The van der Waals surface area contributed by atoms with E-state index in [0.29, 0.717) is 23.9 Å². The van der Waals surface area contributed by atoms with E-state index in [0.717, 1.165) is 19.3 Å². The molecular weight excluding hydrogens is 412 g/mol. The number of benzene rings is 4. The number of methoxy groups -OCH3 is 1. The maximum absolute atomic E-state index is 5.57. The fraction of sp³-hybridized carbons (Fsp3) is 0.333. The Bertz CT molecular complexity index is 1240. The summed E-state index contributed by atoms with van der Waals surface area (Å²) in [5.74, 6) is 1.57. The van der Waals surface area contributed by atoms with Gasteiger partial charge >= 0.3 is 0 Å². The highest BCUT2D eigenvalue weighted by molar-refractivity contribution is 5.86. The van der Waals surface area contributed by atoms with E-state index in [4.69, 9.17) is 4.74 Å². The van der Waals surface area contributed by atoms with Gasteiger partial charge in [0.1, 0.15) is 0 Å². The summed E-state index contributed by atoms with van der Waals surface area (Å²) in [6.45, 7) is 4.75. The van der Waals surface area contributed by atoms with Crippen molar-refractivity contribution in [3.8, 4) is 0 Å². The Balaban J connectivity index is 1.47. The van der Waals surface area contributed by atoms with Crippen LogP contribution in [-0.4, -0.2) is 7.11 Å². The van der Waals surface area contributed by atoms with Gasteiger partial charge in [0.05, 0.1) is 6.10 Å². The van der Waals surface area contributed by atoms with E-state index in [1.807, 2.05) is 7.11 Å². The van der Waals surface area contributed by atoms with Crippen molar-refractivity contribution in [1.82, 2.24) is 0 Å². The van der Waals surface area contributed by atoms with Gasteiger partial charge in [-0.1, -0.05) is 105 Å². The van der Waals surface area contributed by atoms with E-state index in [1.165, 1.54) is 45.0 Å². The van der Waals surface area contributed by atoms with Crippen molar-refractivity contribution in [3.63, 3.8) is 0 Å². The predicted octanol–water partition coefficient (Wildman–Crippen LogP) is 8.94. The van der Waals surface area contributed by atoms with Crippen molar-refractivity contribution in [2.45, 2.75) is 63.4 Å². The summed E-state index contributed by atoms with van der Waals surface area (Å²) in [7, 11) is 1.82. The van der Waals surface area contributed by atoms with Crippen molar-refractivity contribution >= 4 is 10.8 Å². The smallest absolute Gasteiger partial charge is 0.0864 e. The molecule has 5 rings (SSSR count). The summed E-state index contributed by atoms with van der Waals surface area (Å²) >= 11 is 0. The Morgan fingerprint density at radius 3 is 2.32 bits per heavy atom. The molecule has 0 spiro atoms. The lowest BCUT2D eigenvalue weighted by atomic mass is 9.76. The van der Waals surface area contributed by atoms with E-state index >= 15 is 0 Å². The number of rotatable bonds is 9. The molecule has 4 unspecified atom stereocenters. The molecule has 4 aromatic rings. The fourth-order valence-electron chi connectivity index (χ4n) is 5.94. The van der Waals surface area contributed by atoms with Crippen LogP contribution in [0, 0.1) is 0 Å². The first-order valence-electron chi connectivity index (χ1n) is 12.9. The fourth-order valence-corrected chi connectivity index (χ4v) is 5.94. The molecule has 0 N–H and O–H groups in total. The second kappa shape index (κ2) is 10.2. The lowest BCUT2D eigenvalue weighted by Crippen LogP contribution is -2.19. The third-order valence-corrected chi connectivity index (χ3v) is 8.01. The molecule has 1 aliphatic rings. The minimum absolute atomic E-state index is 0.291. The van der Waals surface area contributed by atoms with Crippen LogP contribution in [-0.2, 0) is 11.2 Å². The van der Waals surface area contributed by atoms with Gasteiger partial charge in [0.25, 0.3) is 0 Å². The average molecular weight is 449 g/mol. The molecule has 174 valence electrons. The predicted molar refractivity (Wildman–Crippen MR) is 144 cm³/mol. The summed E-state index contributed by atoms with van der Waals surface area (Å²) in [6, 6.07) is 33.9. The molecule has 34 heavy (non-hydrogen) atoms. The second-order valence-electron chi connectivity index (χ2n) is 10.0. The van der Waals surface area contributed by atoms with Crippen LogP contribution in [0.25, 0.3) is 10.8 Å². The third kappa shape index (κ3) is 4.55. The first kappa shape index (κ1) is 22.9. The molecule has 4 atom stereocenters. The van der Waals surface area contributed by atoms with Gasteiger partial charge in [0, 0.05) is 13.5 Å². The summed E-state index contributed by atoms with van der Waals surface area (Å²) in [6.07, 6.45) is 4.83. The molecule has 1 nitrogen and oxygen atoms in total. The Morgan fingerprint density at radius 2 is 1.56 bits per heavy atom. The zero-order valence-electron chi connectivity index (χ0n) is 20.7. The molecule has 4 aromatic carbocycles. The second-order valence-corrected chi connectivity index (χ2v) is 10.0. The number of ether oxygens (including phenoxy) is 1. The Kier molecular flexibility index (Phi) is 6.83. The van der Waals surface area contributed by atoms with Gasteiger partial charge in [0.15, 0.2) is 0 Å². The monoisotopic (exact) mass is 448 g/mol. The highest BCUT2D eigenvalue weighted by Gasteiger charge is 2.28. The van der Waals surface area contributed by atoms with Gasteiger partial charge in [0.2, 0.25) is 0 Å². The molecule has 1 heteroatoms. The normalized spacial score (nSPS) is 17.6. The van der Waals surface area contributed by atoms with Crippen molar-refractivity contribution in [1.29, 1.82) is 0 Å². The standard InChI is InChI=1S/C33H36O/c1-4-24(25-11-6-5-7-12-25)20-28(31-16-10-14-26-13-8-9-15-30(26)31)19-23(2)27-17-18-32-29(21-27)22-33(32)34-3/h5-18,21,23-24,28,33H,4,19-20,22H2,1-3H3. The van der Waals surface area contributed by atoms with E-state index < -0.39 is 0 Å². The molecule has 1 aliphatic carbocycles. The van der Waals surface area contributed by atoms with Gasteiger partial charge in [-0.15, -0.1) is 0 Å². The van der Waals surface area contributed by atoms with Crippen LogP contribution in [0.2, 0.25) is 0 Å². The van der Waals surface area contributed by atoms with Crippen LogP contribution >= 0.6 is 0 Å². The van der Waals surface area contributed by atoms with Crippen molar-refractivity contribution in [3.05, 3.63) is 119 Å². The van der Waals surface area contributed by atoms with E-state index in [1.54, 1.807) is 0 Å². The summed E-state index contributed by atoms with van der Waals surface area (Å²) in [5, 5.41) is 2.75. The molecule has 0 amide bonds. The van der Waals surface area contributed by atoms with Crippen LogP contribution in [0.15, 0.2) is 91.0 Å². The lowest BCUT2D eigenvalue weighted by molar-refractivity contribution is 0.0844. The maximum Gasteiger partial charge on any atom is 0.0864 e. The lowest BCUT2D eigenvalue weighted by Gasteiger charge is -2.31.